The molecule has 1 unspecified atom stereocenters. The van der Waals surface area contributed by atoms with Crippen molar-refractivity contribution in [3.63, 3.8) is 0 Å². The average molecular weight is 221 g/mol. The summed E-state index contributed by atoms with van der Waals surface area (Å²) < 4.78 is 10.3. The first-order valence-electron chi connectivity index (χ1n) is 5.35. The summed E-state index contributed by atoms with van der Waals surface area (Å²) in [5.74, 6) is 1.82. The van der Waals surface area contributed by atoms with E-state index in [1.807, 2.05) is 13.0 Å². The molecule has 86 valence electrons. The predicted molar refractivity (Wildman–Crippen MR) is 58.6 cm³/mol. The Morgan fingerprint density at radius 3 is 2.94 bits per heavy atom. The first-order chi connectivity index (χ1) is 7.70. The van der Waals surface area contributed by atoms with Crippen LogP contribution in [0.25, 0.3) is 11.5 Å². The molecule has 2 N–H and O–H groups in total. The van der Waals surface area contributed by atoms with Crippen LogP contribution in [0.4, 0.5) is 0 Å². The second-order valence-corrected chi connectivity index (χ2v) is 3.80. The van der Waals surface area contributed by atoms with E-state index in [1.54, 1.807) is 6.26 Å². The summed E-state index contributed by atoms with van der Waals surface area (Å²) in [4.78, 5) is 4.25. The maximum atomic E-state index is 5.89. The molecule has 0 fully saturated rings. The lowest BCUT2D eigenvalue weighted by molar-refractivity contribution is 0.412. The molecular weight excluding hydrogens is 206 g/mol. The van der Waals surface area contributed by atoms with Gasteiger partial charge in [-0.25, -0.2) is 0 Å². The quantitative estimate of drug-likeness (QED) is 0.857. The van der Waals surface area contributed by atoms with Crippen molar-refractivity contribution in [1.82, 2.24) is 10.1 Å². The number of nitrogens with two attached hydrogens (primary N) is 1. The monoisotopic (exact) mass is 221 g/mol. The predicted octanol–water partition coefficient (Wildman–Crippen LogP) is 2.44. The lowest BCUT2D eigenvalue weighted by atomic mass is 10.2. The van der Waals surface area contributed by atoms with Crippen LogP contribution in [0.1, 0.15) is 37.4 Å². The van der Waals surface area contributed by atoms with Crippen LogP contribution in [0.2, 0.25) is 0 Å². The van der Waals surface area contributed by atoms with E-state index < -0.39 is 0 Å². The Kier molecular flexibility index (Phi) is 3.05. The molecule has 0 saturated carbocycles. The molecule has 0 aliphatic rings. The van der Waals surface area contributed by atoms with Gasteiger partial charge in [0, 0.05) is 0 Å². The smallest absolute Gasteiger partial charge is 0.261 e. The van der Waals surface area contributed by atoms with Gasteiger partial charge in [-0.2, -0.15) is 4.98 Å². The highest BCUT2D eigenvalue weighted by molar-refractivity contribution is 5.51. The number of rotatable bonds is 4. The van der Waals surface area contributed by atoms with Crippen LogP contribution in [0.5, 0.6) is 0 Å². The number of aryl methyl sites for hydroxylation is 1. The first kappa shape index (κ1) is 10.9. The third kappa shape index (κ3) is 2.14. The molecule has 0 aliphatic heterocycles. The molecule has 2 rings (SSSR count). The van der Waals surface area contributed by atoms with Crippen LogP contribution in [0.15, 0.2) is 21.3 Å². The van der Waals surface area contributed by atoms with E-state index in [4.69, 9.17) is 14.7 Å². The van der Waals surface area contributed by atoms with E-state index in [2.05, 4.69) is 17.1 Å². The van der Waals surface area contributed by atoms with Gasteiger partial charge < -0.3 is 14.7 Å². The Balaban J connectivity index is 2.19. The van der Waals surface area contributed by atoms with E-state index in [1.165, 1.54) is 0 Å². The minimum atomic E-state index is -0.157. The van der Waals surface area contributed by atoms with Crippen molar-refractivity contribution in [2.75, 3.05) is 0 Å². The Labute approximate surface area is 93.6 Å². The van der Waals surface area contributed by atoms with Crippen LogP contribution in [-0.4, -0.2) is 10.1 Å². The topological polar surface area (TPSA) is 78.1 Å². The lowest BCUT2D eigenvalue weighted by Gasteiger charge is -2.02. The third-order valence-corrected chi connectivity index (χ3v) is 2.35. The van der Waals surface area contributed by atoms with Crippen molar-refractivity contribution in [2.24, 2.45) is 5.73 Å². The van der Waals surface area contributed by atoms with Gasteiger partial charge in [0.2, 0.25) is 0 Å². The van der Waals surface area contributed by atoms with Crippen molar-refractivity contribution in [1.29, 1.82) is 0 Å². The standard InChI is InChI=1S/C11H15N3O2/c1-3-4-9(12)10-13-11(16-14-10)8-5-7(2)15-6-8/h5-6,9H,3-4,12H2,1-2H3. The molecular formula is C11H15N3O2. The molecule has 0 aliphatic carbocycles. The van der Waals surface area contributed by atoms with E-state index in [9.17, 15) is 0 Å². The number of aromatic nitrogens is 2. The van der Waals surface area contributed by atoms with Gasteiger partial charge in [-0.1, -0.05) is 18.5 Å². The number of furan rings is 1. The van der Waals surface area contributed by atoms with Gasteiger partial charge in [-0.3, -0.25) is 0 Å². The highest BCUT2D eigenvalue weighted by Crippen LogP contribution is 2.22. The maximum Gasteiger partial charge on any atom is 0.261 e. The highest BCUT2D eigenvalue weighted by Gasteiger charge is 2.15. The lowest BCUT2D eigenvalue weighted by Crippen LogP contribution is -2.11. The van der Waals surface area contributed by atoms with E-state index in [-0.39, 0.29) is 6.04 Å². The number of hydrogen-bond acceptors (Lipinski definition) is 5. The zero-order valence-electron chi connectivity index (χ0n) is 9.43. The molecule has 0 amide bonds. The molecule has 2 aromatic heterocycles. The molecule has 2 aromatic rings. The van der Waals surface area contributed by atoms with Crippen molar-refractivity contribution in [3.8, 4) is 11.5 Å². The van der Waals surface area contributed by atoms with Crippen LogP contribution in [0.3, 0.4) is 0 Å². The molecule has 5 heteroatoms. The van der Waals surface area contributed by atoms with Crippen molar-refractivity contribution in [2.45, 2.75) is 32.7 Å². The van der Waals surface area contributed by atoms with Crippen LogP contribution in [0, 0.1) is 6.92 Å². The van der Waals surface area contributed by atoms with E-state index in [0.717, 1.165) is 24.2 Å². The Morgan fingerprint density at radius 2 is 2.31 bits per heavy atom. The Bertz CT molecular complexity index is 461. The minimum Gasteiger partial charge on any atom is -0.469 e. The molecule has 0 aromatic carbocycles. The Hall–Kier alpha value is -1.62. The molecule has 0 spiro atoms. The summed E-state index contributed by atoms with van der Waals surface area (Å²) in [7, 11) is 0. The summed E-state index contributed by atoms with van der Waals surface area (Å²) >= 11 is 0. The molecule has 0 radical (unpaired) electrons. The minimum absolute atomic E-state index is 0.157. The second kappa shape index (κ2) is 4.49. The van der Waals surface area contributed by atoms with Gasteiger partial charge >= 0.3 is 0 Å². The van der Waals surface area contributed by atoms with Gasteiger partial charge in [0.1, 0.15) is 12.0 Å². The number of hydrogen-bond donors (Lipinski definition) is 1. The van der Waals surface area contributed by atoms with Gasteiger partial charge in [0.05, 0.1) is 11.6 Å². The molecule has 16 heavy (non-hydrogen) atoms. The van der Waals surface area contributed by atoms with Crippen molar-refractivity contribution < 1.29 is 8.94 Å². The summed E-state index contributed by atoms with van der Waals surface area (Å²) in [6, 6.07) is 1.69. The highest BCUT2D eigenvalue weighted by atomic mass is 16.5. The van der Waals surface area contributed by atoms with Crippen LogP contribution >= 0.6 is 0 Å². The van der Waals surface area contributed by atoms with Gasteiger partial charge in [0.25, 0.3) is 5.89 Å². The van der Waals surface area contributed by atoms with E-state index in [0.29, 0.717) is 11.7 Å². The molecule has 5 nitrogen and oxygen atoms in total. The zero-order chi connectivity index (χ0) is 11.5. The van der Waals surface area contributed by atoms with Crippen molar-refractivity contribution in [3.05, 3.63) is 23.9 Å². The Morgan fingerprint density at radius 1 is 1.50 bits per heavy atom. The molecule has 2 heterocycles. The third-order valence-electron chi connectivity index (χ3n) is 2.35. The van der Waals surface area contributed by atoms with Crippen LogP contribution in [-0.2, 0) is 0 Å². The maximum absolute atomic E-state index is 5.89. The van der Waals surface area contributed by atoms with Gasteiger partial charge in [-0.05, 0) is 19.4 Å². The summed E-state index contributed by atoms with van der Waals surface area (Å²) in [6.07, 6.45) is 3.44. The summed E-state index contributed by atoms with van der Waals surface area (Å²) in [5, 5.41) is 3.87. The first-order valence-corrected chi connectivity index (χ1v) is 5.35. The fourth-order valence-corrected chi connectivity index (χ4v) is 1.50. The van der Waals surface area contributed by atoms with Gasteiger partial charge in [0.15, 0.2) is 5.82 Å². The molecule has 1 atom stereocenters. The SMILES string of the molecule is CCCC(N)c1noc(-c2coc(C)c2)n1. The summed E-state index contributed by atoms with van der Waals surface area (Å²) in [5.41, 5.74) is 6.69. The normalized spacial score (nSPS) is 12.9. The van der Waals surface area contributed by atoms with Crippen LogP contribution < -0.4 is 5.73 Å². The molecule has 0 saturated heterocycles. The van der Waals surface area contributed by atoms with Crippen molar-refractivity contribution >= 4 is 0 Å². The average Bonchev–Trinajstić information content (AvgIpc) is 2.85. The largest absolute Gasteiger partial charge is 0.469 e. The fraction of sp³-hybridized carbons (Fsp3) is 0.455. The fourth-order valence-electron chi connectivity index (χ4n) is 1.50. The zero-order valence-corrected chi connectivity index (χ0v) is 9.43. The molecule has 0 bridgehead atoms. The number of nitrogens with zero attached hydrogens (tertiary/aromatic N) is 2. The van der Waals surface area contributed by atoms with E-state index >= 15 is 0 Å². The van der Waals surface area contributed by atoms with Gasteiger partial charge in [-0.15, -0.1) is 0 Å². The summed E-state index contributed by atoms with van der Waals surface area (Å²) in [6.45, 7) is 3.93. The second-order valence-electron chi connectivity index (χ2n) is 3.80.